The van der Waals surface area contributed by atoms with Crippen LogP contribution in [0.5, 0.6) is 0 Å². The average molecular weight is 148 g/mol. The van der Waals surface area contributed by atoms with Gasteiger partial charge < -0.3 is 0 Å². The van der Waals surface area contributed by atoms with Crippen molar-refractivity contribution in [1.82, 2.24) is 0 Å². The Bertz CT molecular complexity index is 54.0. The van der Waals surface area contributed by atoms with Crippen LogP contribution in [0, 0.1) is 0 Å². The highest BCUT2D eigenvalue weighted by Gasteiger charge is 2.15. The molecule has 0 rings (SSSR count). The predicted octanol–water partition coefficient (Wildman–Crippen LogP) is 2.62. The van der Waals surface area contributed by atoms with E-state index in [1.54, 1.807) is 0 Å². The molecule has 0 aromatic heterocycles. The van der Waals surface area contributed by atoms with E-state index in [4.69, 9.17) is 0 Å². The Morgan fingerprint density at radius 2 is 1.11 bits per heavy atom. The SMILES string of the molecule is C=CF.FC(F)C(F)F. The summed E-state index contributed by atoms with van der Waals surface area (Å²) in [6.07, 6.45) is -6.71. The van der Waals surface area contributed by atoms with Crippen LogP contribution in [0.15, 0.2) is 12.9 Å². The summed E-state index contributed by atoms with van der Waals surface area (Å²) < 4.78 is 51.7. The van der Waals surface area contributed by atoms with E-state index in [0.717, 1.165) is 0 Å². The van der Waals surface area contributed by atoms with Gasteiger partial charge >= 0.3 is 0 Å². The third kappa shape index (κ3) is 18.7. The third-order valence-electron chi connectivity index (χ3n) is 0.190. The minimum atomic E-state index is -3.48. The first-order chi connectivity index (χ1) is 4.06. The zero-order valence-corrected chi connectivity index (χ0v) is 4.33. The quantitative estimate of drug-likeness (QED) is 0.501. The van der Waals surface area contributed by atoms with Gasteiger partial charge in [0.15, 0.2) is 0 Å². The lowest BCUT2D eigenvalue weighted by atomic mass is 10.8. The molecule has 0 N–H and O–H groups in total. The Balaban J connectivity index is 0. The van der Waals surface area contributed by atoms with Crippen molar-refractivity contribution in [3.05, 3.63) is 12.9 Å². The zero-order chi connectivity index (χ0) is 7.86. The molecule has 5 heteroatoms. The minimum Gasteiger partial charge on any atom is -0.216 e. The molecule has 0 saturated heterocycles. The minimum absolute atomic E-state index is 0.250. The highest BCUT2D eigenvalue weighted by atomic mass is 19.3. The van der Waals surface area contributed by atoms with Crippen molar-refractivity contribution < 1.29 is 22.0 Å². The van der Waals surface area contributed by atoms with Gasteiger partial charge in [-0.05, 0) is 0 Å². The van der Waals surface area contributed by atoms with Crippen LogP contribution >= 0.6 is 0 Å². The van der Waals surface area contributed by atoms with Crippen molar-refractivity contribution in [3.63, 3.8) is 0 Å². The summed E-state index contributed by atoms with van der Waals surface area (Å²) in [6, 6.07) is 0. The molecule has 0 aliphatic heterocycles. The Kier molecular flexibility index (Phi) is 9.21. The van der Waals surface area contributed by atoms with Crippen LogP contribution in [0.3, 0.4) is 0 Å². The molecular weight excluding hydrogens is 143 g/mol. The number of hydrogen-bond acceptors (Lipinski definition) is 0. The van der Waals surface area contributed by atoms with E-state index in [0.29, 0.717) is 0 Å². The van der Waals surface area contributed by atoms with E-state index in [1.165, 1.54) is 0 Å². The predicted molar refractivity (Wildman–Crippen MR) is 23.3 cm³/mol. The molecule has 0 unspecified atom stereocenters. The summed E-state index contributed by atoms with van der Waals surface area (Å²) in [5.41, 5.74) is 0. The maximum atomic E-state index is 10.4. The molecule has 0 aromatic rings. The van der Waals surface area contributed by atoms with Crippen molar-refractivity contribution >= 4 is 0 Å². The number of halogens is 5. The van der Waals surface area contributed by atoms with Gasteiger partial charge in [0.2, 0.25) is 0 Å². The van der Waals surface area contributed by atoms with E-state index in [9.17, 15) is 22.0 Å². The van der Waals surface area contributed by atoms with Crippen LogP contribution in [0.4, 0.5) is 22.0 Å². The summed E-state index contributed by atoms with van der Waals surface area (Å²) in [5.74, 6) is 0. The van der Waals surface area contributed by atoms with Crippen LogP contribution in [0.1, 0.15) is 0 Å². The molecule has 0 nitrogen and oxygen atoms in total. The normalized spacial score (nSPS) is 8.78. The fourth-order valence-electron chi connectivity index (χ4n) is 0. The maximum Gasteiger partial charge on any atom is 0.298 e. The van der Waals surface area contributed by atoms with Gasteiger partial charge in [0.05, 0.1) is 6.33 Å². The van der Waals surface area contributed by atoms with Crippen molar-refractivity contribution in [2.24, 2.45) is 0 Å². The van der Waals surface area contributed by atoms with Crippen LogP contribution < -0.4 is 0 Å². The molecule has 0 saturated carbocycles. The Hall–Kier alpha value is -0.610. The number of alkyl halides is 4. The Labute approximate surface area is 49.0 Å². The first kappa shape index (κ1) is 11.2. The molecule has 0 aromatic carbocycles. The first-order valence-corrected chi connectivity index (χ1v) is 1.83. The van der Waals surface area contributed by atoms with Gasteiger partial charge in [0.25, 0.3) is 12.9 Å². The van der Waals surface area contributed by atoms with E-state index in [1.807, 2.05) is 0 Å². The van der Waals surface area contributed by atoms with Gasteiger partial charge in [-0.2, -0.15) is 0 Å². The molecule has 0 aliphatic rings. The molecule has 0 heterocycles. The van der Waals surface area contributed by atoms with Crippen LogP contribution in [0.25, 0.3) is 0 Å². The molecule has 0 amide bonds. The van der Waals surface area contributed by atoms with Gasteiger partial charge in [0, 0.05) is 0 Å². The lowest BCUT2D eigenvalue weighted by Crippen LogP contribution is -2.02. The smallest absolute Gasteiger partial charge is 0.216 e. The van der Waals surface area contributed by atoms with Gasteiger partial charge in [-0.15, -0.1) is 0 Å². The van der Waals surface area contributed by atoms with Crippen LogP contribution in [-0.2, 0) is 0 Å². The van der Waals surface area contributed by atoms with E-state index >= 15 is 0 Å². The fourth-order valence-corrected chi connectivity index (χ4v) is 0. The average Bonchev–Trinajstić information content (AvgIpc) is 1.68. The Morgan fingerprint density at radius 1 is 1.00 bits per heavy atom. The maximum absolute atomic E-state index is 10.4. The van der Waals surface area contributed by atoms with Gasteiger partial charge in [-0.25, -0.2) is 22.0 Å². The van der Waals surface area contributed by atoms with E-state index in [2.05, 4.69) is 6.58 Å². The largest absolute Gasteiger partial charge is 0.298 e. The zero-order valence-electron chi connectivity index (χ0n) is 4.33. The van der Waals surface area contributed by atoms with Crippen LogP contribution in [0.2, 0.25) is 0 Å². The van der Waals surface area contributed by atoms with Gasteiger partial charge in [0.1, 0.15) is 0 Å². The number of rotatable bonds is 1. The monoisotopic (exact) mass is 148 g/mol. The Morgan fingerprint density at radius 3 is 1.11 bits per heavy atom. The number of hydrogen-bond donors (Lipinski definition) is 0. The fraction of sp³-hybridized carbons (Fsp3) is 0.500. The first-order valence-electron chi connectivity index (χ1n) is 1.83. The molecule has 56 valence electrons. The van der Waals surface area contributed by atoms with Crippen molar-refractivity contribution in [2.45, 2.75) is 12.9 Å². The molecule has 0 spiro atoms. The standard InChI is InChI=1S/C2H2F4.C2H3F/c3-1(4)2(5)6;1-2-3/h1-2H;2H,1H2. The second-order valence-corrected chi connectivity index (χ2v) is 0.823. The summed E-state index contributed by atoms with van der Waals surface area (Å²) in [7, 11) is 0. The molecule has 0 bridgehead atoms. The second kappa shape index (κ2) is 7.39. The molecule has 0 radical (unpaired) electrons. The molecule has 0 fully saturated rings. The van der Waals surface area contributed by atoms with Crippen molar-refractivity contribution in [1.29, 1.82) is 0 Å². The van der Waals surface area contributed by atoms with Crippen LogP contribution in [-0.4, -0.2) is 12.9 Å². The van der Waals surface area contributed by atoms with E-state index < -0.39 is 12.9 Å². The summed E-state index contributed by atoms with van der Waals surface area (Å²) in [6.45, 7) is 2.69. The van der Waals surface area contributed by atoms with E-state index in [-0.39, 0.29) is 6.33 Å². The highest BCUT2D eigenvalue weighted by Crippen LogP contribution is 2.04. The highest BCUT2D eigenvalue weighted by molar-refractivity contribution is 4.39. The van der Waals surface area contributed by atoms with Crippen molar-refractivity contribution in [3.8, 4) is 0 Å². The third-order valence-corrected chi connectivity index (χ3v) is 0.190. The molecule has 9 heavy (non-hydrogen) atoms. The summed E-state index contributed by atoms with van der Waals surface area (Å²) in [4.78, 5) is 0. The summed E-state index contributed by atoms with van der Waals surface area (Å²) in [5, 5.41) is 0. The lowest BCUT2D eigenvalue weighted by molar-refractivity contribution is -0.0278. The lowest BCUT2D eigenvalue weighted by Gasteiger charge is -1.89. The van der Waals surface area contributed by atoms with Gasteiger partial charge in [-0.3, -0.25) is 0 Å². The molecular formula is C4H5F5. The van der Waals surface area contributed by atoms with Gasteiger partial charge in [-0.1, -0.05) is 6.58 Å². The molecule has 0 atom stereocenters. The second-order valence-electron chi connectivity index (χ2n) is 0.823. The molecule has 0 aliphatic carbocycles. The topological polar surface area (TPSA) is 0 Å². The summed E-state index contributed by atoms with van der Waals surface area (Å²) >= 11 is 0. The van der Waals surface area contributed by atoms with Crippen molar-refractivity contribution in [2.75, 3.05) is 0 Å².